The van der Waals surface area contributed by atoms with Gasteiger partial charge in [-0.3, -0.25) is 4.79 Å². The second-order valence-corrected chi connectivity index (χ2v) is 6.14. The maximum Gasteiger partial charge on any atom is 0.327 e. The minimum absolute atomic E-state index is 0.365. The molecular weight excluding hydrogens is 563 g/mol. The van der Waals surface area contributed by atoms with Gasteiger partial charge in [0.05, 0.1) is 5.56 Å². The van der Waals surface area contributed by atoms with Gasteiger partial charge in [-0.25, -0.2) is 4.79 Å². The Morgan fingerprint density at radius 1 is 1.29 bits per heavy atom. The van der Waals surface area contributed by atoms with Crippen LogP contribution in [0, 0.1) is 10.7 Å². The number of hydrogen-bond donors (Lipinski definition) is 2. The average molecular weight is 571 g/mol. The van der Waals surface area contributed by atoms with Crippen LogP contribution in [0.25, 0.3) is 0 Å². The van der Waals surface area contributed by atoms with Crippen molar-refractivity contribution in [2.24, 2.45) is 5.73 Å². The summed E-state index contributed by atoms with van der Waals surface area (Å²) in [6.07, 6.45) is 0.833. The van der Waals surface area contributed by atoms with Crippen molar-refractivity contribution in [2.45, 2.75) is 0 Å². The molecular formula is C10H8I3NO3. The van der Waals surface area contributed by atoms with E-state index in [0.717, 1.165) is 16.8 Å². The summed E-state index contributed by atoms with van der Waals surface area (Å²) in [4.78, 5) is 20.2. The zero-order valence-electron chi connectivity index (χ0n) is 8.41. The van der Waals surface area contributed by atoms with Gasteiger partial charge in [0.15, 0.2) is 0 Å². The van der Waals surface area contributed by atoms with Gasteiger partial charge in [-0.1, -0.05) is 6.58 Å². The van der Waals surface area contributed by atoms with E-state index in [1.54, 1.807) is 6.07 Å². The van der Waals surface area contributed by atoms with Crippen molar-refractivity contribution in [1.29, 1.82) is 0 Å². The molecule has 0 heterocycles. The first-order valence-corrected chi connectivity index (χ1v) is 7.33. The van der Waals surface area contributed by atoms with Gasteiger partial charge in [0, 0.05) is 16.8 Å². The van der Waals surface area contributed by atoms with Crippen LogP contribution in [0.15, 0.2) is 24.8 Å². The Balaban J connectivity index is 0.000000437. The number of aliphatic carboxylic acids is 1. The Bertz CT molecular complexity index is 460. The lowest BCUT2D eigenvalue weighted by Gasteiger charge is -2.02. The zero-order chi connectivity index (χ0) is 13.6. The molecule has 0 spiro atoms. The Hall–Kier alpha value is 0.0900. The highest BCUT2D eigenvalue weighted by atomic mass is 127. The molecule has 0 aliphatic rings. The molecule has 1 aromatic rings. The summed E-state index contributed by atoms with van der Waals surface area (Å²) in [5.41, 5.74) is 5.81. The first-order valence-electron chi connectivity index (χ1n) is 4.09. The van der Waals surface area contributed by atoms with Crippen LogP contribution < -0.4 is 5.73 Å². The molecule has 0 aliphatic carbocycles. The maximum absolute atomic E-state index is 10.9. The molecule has 0 bridgehead atoms. The maximum atomic E-state index is 10.9. The van der Waals surface area contributed by atoms with E-state index in [-0.39, 0.29) is 5.91 Å². The van der Waals surface area contributed by atoms with E-state index < -0.39 is 5.97 Å². The molecule has 0 fully saturated rings. The quantitative estimate of drug-likeness (QED) is 0.326. The zero-order valence-corrected chi connectivity index (χ0v) is 14.9. The van der Waals surface area contributed by atoms with Gasteiger partial charge in [0.1, 0.15) is 0 Å². The summed E-state index contributed by atoms with van der Waals surface area (Å²) in [5, 5.41) is 7.60. The summed E-state index contributed by atoms with van der Waals surface area (Å²) in [5.74, 6) is -1.35. The Morgan fingerprint density at radius 3 is 2.12 bits per heavy atom. The number of rotatable bonds is 2. The van der Waals surface area contributed by atoms with Crippen molar-refractivity contribution >= 4 is 79.6 Å². The number of primary amides is 1. The highest BCUT2D eigenvalue weighted by Gasteiger charge is 2.09. The summed E-state index contributed by atoms with van der Waals surface area (Å²) in [6.45, 7) is 2.96. The van der Waals surface area contributed by atoms with Crippen molar-refractivity contribution < 1.29 is 14.7 Å². The van der Waals surface area contributed by atoms with Crippen molar-refractivity contribution in [2.75, 3.05) is 0 Å². The molecule has 1 aromatic carbocycles. The topological polar surface area (TPSA) is 80.4 Å². The second kappa shape index (κ2) is 8.24. The summed E-state index contributed by atoms with van der Waals surface area (Å²) in [7, 11) is 0. The highest BCUT2D eigenvalue weighted by Crippen LogP contribution is 2.22. The van der Waals surface area contributed by atoms with Gasteiger partial charge in [0.2, 0.25) is 5.91 Å². The van der Waals surface area contributed by atoms with Crippen LogP contribution in [0.4, 0.5) is 0 Å². The third kappa shape index (κ3) is 6.55. The smallest absolute Gasteiger partial charge is 0.327 e. The molecule has 7 heteroatoms. The van der Waals surface area contributed by atoms with Gasteiger partial charge in [-0.05, 0) is 79.9 Å². The Labute approximate surface area is 139 Å². The number of carbonyl (C=O) groups is 2. The second-order valence-electron chi connectivity index (χ2n) is 2.66. The average Bonchev–Trinajstić information content (AvgIpc) is 2.23. The predicted molar refractivity (Wildman–Crippen MR) is 90.9 cm³/mol. The molecule has 1 amide bonds. The molecule has 4 nitrogen and oxygen atoms in total. The minimum atomic E-state index is -0.981. The number of nitrogens with two attached hydrogens (primary N) is 1. The fourth-order valence-corrected chi connectivity index (χ4v) is 3.16. The number of halogens is 3. The minimum Gasteiger partial charge on any atom is -0.478 e. The number of carbonyl (C=O) groups excluding carboxylic acids is 1. The molecule has 3 N–H and O–H groups in total. The van der Waals surface area contributed by atoms with Crippen molar-refractivity contribution in [3.63, 3.8) is 0 Å². The van der Waals surface area contributed by atoms with Crippen LogP contribution in [0.5, 0.6) is 0 Å². The van der Waals surface area contributed by atoms with Crippen molar-refractivity contribution in [1.82, 2.24) is 0 Å². The van der Waals surface area contributed by atoms with E-state index in [0.29, 0.717) is 5.56 Å². The van der Waals surface area contributed by atoms with E-state index >= 15 is 0 Å². The largest absolute Gasteiger partial charge is 0.478 e. The number of hydrogen-bond acceptors (Lipinski definition) is 2. The van der Waals surface area contributed by atoms with Crippen LogP contribution in [0.1, 0.15) is 10.4 Å². The fraction of sp³-hybridized carbons (Fsp3) is 0. The molecule has 0 aromatic heterocycles. The van der Waals surface area contributed by atoms with E-state index in [9.17, 15) is 9.59 Å². The summed E-state index contributed by atoms with van der Waals surface area (Å²) in [6, 6.07) is 3.81. The molecule has 0 unspecified atom stereocenters. The number of carboxylic acid groups (broad SMARTS) is 1. The van der Waals surface area contributed by atoms with Crippen LogP contribution >= 0.6 is 67.8 Å². The standard InChI is InChI=1S/C7H4I3NO.C3H4O2/c8-3-1-4(7(11)12)6(10)5(9)2-3;1-2-3(4)5/h1-2H,(H2,11,12);2H,1H2,(H,4,5). The van der Waals surface area contributed by atoms with E-state index in [2.05, 4.69) is 74.4 Å². The van der Waals surface area contributed by atoms with Gasteiger partial charge >= 0.3 is 5.97 Å². The highest BCUT2D eigenvalue weighted by molar-refractivity contribution is 14.1. The first-order chi connectivity index (χ1) is 7.79. The van der Waals surface area contributed by atoms with Gasteiger partial charge in [-0.15, -0.1) is 0 Å². The van der Waals surface area contributed by atoms with E-state index in [4.69, 9.17) is 10.8 Å². The lowest BCUT2D eigenvalue weighted by molar-refractivity contribution is -0.131. The van der Waals surface area contributed by atoms with E-state index in [1.807, 2.05) is 6.07 Å². The summed E-state index contributed by atoms with van der Waals surface area (Å²) < 4.78 is 3.03. The molecule has 0 radical (unpaired) electrons. The number of benzene rings is 1. The Kier molecular flexibility index (Phi) is 8.28. The fourth-order valence-electron chi connectivity index (χ4n) is 0.735. The van der Waals surface area contributed by atoms with Crippen LogP contribution in [-0.4, -0.2) is 17.0 Å². The lowest BCUT2D eigenvalue weighted by atomic mass is 10.2. The normalized spacial score (nSPS) is 8.88. The van der Waals surface area contributed by atoms with Gasteiger partial charge < -0.3 is 10.8 Å². The number of carboxylic acids is 1. The molecule has 0 atom stereocenters. The van der Waals surface area contributed by atoms with E-state index in [1.165, 1.54) is 0 Å². The number of amides is 1. The predicted octanol–water partition coefficient (Wildman–Crippen LogP) is 2.86. The van der Waals surface area contributed by atoms with Crippen molar-refractivity contribution in [3.05, 3.63) is 41.1 Å². The molecule has 0 saturated carbocycles. The lowest BCUT2D eigenvalue weighted by Crippen LogP contribution is -2.13. The molecule has 0 aliphatic heterocycles. The van der Waals surface area contributed by atoms with Crippen LogP contribution in [-0.2, 0) is 4.79 Å². The van der Waals surface area contributed by atoms with Gasteiger partial charge in [-0.2, -0.15) is 0 Å². The summed E-state index contributed by atoms with van der Waals surface area (Å²) >= 11 is 6.48. The van der Waals surface area contributed by atoms with Crippen molar-refractivity contribution in [3.8, 4) is 0 Å². The SMILES string of the molecule is C=CC(=O)O.NC(=O)c1cc(I)cc(I)c1I. The third-order valence-corrected chi connectivity index (χ3v) is 5.10. The van der Waals surface area contributed by atoms with Gasteiger partial charge in [0.25, 0.3) is 0 Å². The van der Waals surface area contributed by atoms with Crippen LogP contribution in [0.3, 0.4) is 0 Å². The first kappa shape index (κ1) is 17.1. The molecule has 0 saturated heterocycles. The molecule has 92 valence electrons. The molecule has 17 heavy (non-hydrogen) atoms. The monoisotopic (exact) mass is 571 g/mol. The van der Waals surface area contributed by atoms with Crippen LogP contribution in [0.2, 0.25) is 0 Å². The third-order valence-electron chi connectivity index (χ3n) is 1.43. The Morgan fingerprint density at radius 2 is 1.76 bits per heavy atom. The molecule has 1 rings (SSSR count).